The lowest BCUT2D eigenvalue weighted by atomic mass is 10.0. The van der Waals surface area contributed by atoms with E-state index in [4.69, 9.17) is 0 Å². The molecule has 27 heavy (non-hydrogen) atoms. The van der Waals surface area contributed by atoms with Crippen LogP contribution in [0.2, 0.25) is 0 Å². The number of aliphatic hydroxyl groups is 1. The second-order valence-corrected chi connectivity index (χ2v) is 6.91. The summed E-state index contributed by atoms with van der Waals surface area (Å²) in [4.78, 5) is 7.85. The fourth-order valence-electron chi connectivity index (χ4n) is 3.02. The maximum Gasteiger partial charge on any atom is 0.191 e. The van der Waals surface area contributed by atoms with Gasteiger partial charge in [-0.15, -0.1) is 0 Å². The summed E-state index contributed by atoms with van der Waals surface area (Å²) in [5, 5.41) is 22.6. The molecule has 0 aliphatic heterocycles. The predicted molar refractivity (Wildman–Crippen MR) is 109 cm³/mol. The van der Waals surface area contributed by atoms with Gasteiger partial charge in [0.05, 0.1) is 12.7 Å². The fourth-order valence-corrected chi connectivity index (χ4v) is 3.02. The van der Waals surface area contributed by atoms with Crippen molar-refractivity contribution in [2.45, 2.75) is 25.9 Å². The molecule has 0 saturated carbocycles. The van der Waals surface area contributed by atoms with Gasteiger partial charge >= 0.3 is 0 Å². The quantitative estimate of drug-likeness (QED) is 0.379. The summed E-state index contributed by atoms with van der Waals surface area (Å²) < 4.78 is 1.68. The molecule has 3 aromatic rings. The van der Waals surface area contributed by atoms with Crippen LogP contribution in [0.25, 0.3) is 10.9 Å². The van der Waals surface area contributed by atoms with E-state index < -0.39 is 5.60 Å². The molecule has 0 amide bonds. The maximum absolute atomic E-state index is 10.7. The first-order valence-corrected chi connectivity index (χ1v) is 9.28. The SMILES string of the molecule is CCNC(=NCC(C)(O)c1cnn(C)c1)NCCc1c[nH]c2ccccc12. The van der Waals surface area contributed by atoms with Crippen LogP contribution in [-0.4, -0.2) is 45.5 Å². The van der Waals surface area contributed by atoms with E-state index in [2.05, 4.69) is 50.1 Å². The Hall–Kier alpha value is -2.80. The van der Waals surface area contributed by atoms with Crippen molar-refractivity contribution in [1.29, 1.82) is 0 Å². The zero-order chi connectivity index (χ0) is 19.3. The number of hydrogen-bond acceptors (Lipinski definition) is 3. The minimum atomic E-state index is -1.06. The number of benzene rings is 1. The molecule has 0 fully saturated rings. The van der Waals surface area contributed by atoms with Crippen molar-refractivity contribution in [2.75, 3.05) is 19.6 Å². The van der Waals surface area contributed by atoms with Crippen LogP contribution in [0.1, 0.15) is 25.0 Å². The Bertz CT molecular complexity index is 908. The lowest BCUT2D eigenvalue weighted by molar-refractivity contribution is 0.0672. The molecule has 1 atom stereocenters. The zero-order valence-electron chi connectivity index (χ0n) is 16.2. The van der Waals surface area contributed by atoms with Gasteiger partial charge in [0, 0.05) is 49.0 Å². The fraction of sp³-hybridized carbons (Fsp3) is 0.400. The van der Waals surface area contributed by atoms with Gasteiger partial charge in [-0.2, -0.15) is 5.10 Å². The van der Waals surface area contributed by atoms with E-state index in [1.165, 1.54) is 10.9 Å². The molecule has 0 spiro atoms. The smallest absolute Gasteiger partial charge is 0.191 e. The highest BCUT2D eigenvalue weighted by atomic mass is 16.3. The van der Waals surface area contributed by atoms with E-state index in [-0.39, 0.29) is 6.54 Å². The van der Waals surface area contributed by atoms with Crippen LogP contribution in [-0.2, 0) is 19.1 Å². The monoisotopic (exact) mass is 368 g/mol. The minimum absolute atomic E-state index is 0.251. The van der Waals surface area contributed by atoms with Gasteiger partial charge in [0.15, 0.2) is 5.96 Å². The van der Waals surface area contributed by atoms with Crippen LogP contribution in [0.5, 0.6) is 0 Å². The van der Waals surface area contributed by atoms with Crippen LogP contribution < -0.4 is 10.6 Å². The number of hydrogen-bond donors (Lipinski definition) is 4. The first-order chi connectivity index (χ1) is 13.0. The number of para-hydroxylation sites is 1. The van der Waals surface area contributed by atoms with Crippen molar-refractivity contribution in [3.63, 3.8) is 0 Å². The Morgan fingerprint density at radius 3 is 2.89 bits per heavy atom. The summed E-state index contributed by atoms with van der Waals surface area (Å²) in [5.74, 6) is 0.696. The van der Waals surface area contributed by atoms with Gasteiger partial charge in [-0.05, 0) is 31.9 Å². The predicted octanol–water partition coefficient (Wildman–Crippen LogP) is 1.91. The van der Waals surface area contributed by atoms with Gasteiger partial charge in [-0.1, -0.05) is 18.2 Å². The van der Waals surface area contributed by atoms with Crippen molar-refractivity contribution in [3.8, 4) is 0 Å². The second kappa shape index (κ2) is 8.26. The molecule has 3 rings (SSSR count). The largest absolute Gasteiger partial charge is 0.383 e. The van der Waals surface area contributed by atoms with Crippen molar-refractivity contribution in [2.24, 2.45) is 12.0 Å². The van der Waals surface area contributed by atoms with E-state index in [9.17, 15) is 5.11 Å². The number of nitrogens with zero attached hydrogens (tertiary/aromatic N) is 3. The summed E-state index contributed by atoms with van der Waals surface area (Å²) in [7, 11) is 1.83. The number of nitrogens with one attached hydrogen (secondary N) is 3. The van der Waals surface area contributed by atoms with E-state index >= 15 is 0 Å². The van der Waals surface area contributed by atoms with Crippen molar-refractivity contribution in [1.82, 2.24) is 25.4 Å². The highest BCUT2D eigenvalue weighted by Crippen LogP contribution is 2.20. The molecule has 0 aliphatic rings. The minimum Gasteiger partial charge on any atom is -0.383 e. The molecule has 7 nitrogen and oxygen atoms in total. The van der Waals surface area contributed by atoms with Gasteiger partial charge in [0.2, 0.25) is 0 Å². The molecular weight excluding hydrogens is 340 g/mol. The van der Waals surface area contributed by atoms with Crippen LogP contribution in [0, 0.1) is 0 Å². The number of fused-ring (bicyclic) bond motifs is 1. The molecule has 1 unspecified atom stereocenters. The Kier molecular flexibility index (Phi) is 5.81. The Morgan fingerprint density at radius 2 is 2.15 bits per heavy atom. The second-order valence-electron chi connectivity index (χ2n) is 6.91. The molecule has 0 radical (unpaired) electrons. The summed E-state index contributed by atoms with van der Waals surface area (Å²) >= 11 is 0. The topological polar surface area (TPSA) is 90.3 Å². The van der Waals surface area contributed by atoms with Crippen molar-refractivity contribution >= 4 is 16.9 Å². The molecule has 4 N–H and O–H groups in total. The summed E-state index contributed by atoms with van der Waals surface area (Å²) in [6, 6.07) is 8.30. The molecule has 0 aliphatic carbocycles. The molecular formula is C20H28N6O. The number of guanidine groups is 1. The van der Waals surface area contributed by atoms with E-state index in [1.54, 1.807) is 17.8 Å². The van der Waals surface area contributed by atoms with E-state index in [0.29, 0.717) is 5.96 Å². The van der Waals surface area contributed by atoms with Crippen LogP contribution in [0.4, 0.5) is 0 Å². The Balaban J connectivity index is 1.60. The number of rotatable bonds is 7. The van der Waals surface area contributed by atoms with Gasteiger partial charge in [-0.25, -0.2) is 4.99 Å². The zero-order valence-corrected chi connectivity index (χ0v) is 16.2. The molecule has 7 heteroatoms. The van der Waals surface area contributed by atoms with E-state index in [0.717, 1.165) is 30.6 Å². The van der Waals surface area contributed by atoms with Gasteiger partial charge in [-0.3, -0.25) is 4.68 Å². The Labute approximate surface area is 159 Å². The average Bonchev–Trinajstić information content (AvgIpc) is 3.27. The molecule has 2 aromatic heterocycles. The third-order valence-corrected chi connectivity index (χ3v) is 4.58. The first-order valence-electron chi connectivity index (χ1n) is 9.28. The van der Waals surface area contributed by atoms with Gasteiger partial charge in [0.1, 0.15) is 5.60 Å². The lowest BCUT2D eigenvalue weighted by Gasteiger charge is -2.20. The third-order valence-electron chi connectivity index (χ3n) is 4.58. The molecule has 1 aromatic carbocycles. The van der Waals surface area contributed by atoms with Crippen LogP contribution in [0.15, 0.2) is 47.8 Å². The van der Waals surface area contributed by atoms with Crippen molar-refractivity contribution in [3.05, 3.63) is 54.0 Å². The van der Waals surface area contributed by atoms with Gasteiger partial charge < -0.3 is 20.7 Å². The normalized spacial score (nSPS) is 14.3. The summed E-state index contributed by atoms with van der Waals surface area (Å²) in [6.07, 6.45) is 6.43. The summed E-state index contributed by atoms with van der Waals surface area (Å²) in [5.41, 5.74) is 2.12. The van der Waals surface area contributed by atoms with Crippen LogP contribution >= 0.6 is 0 Å². The van der Waals surface area contributed by atoms with E-state index in [1.807, 2.05) is 26.2 Å². The Morgan fingerprint density at radius 1 is 1.33 bits per heavy atom. The average molecular weight is 368 g/mol. The molecule has 144 valence electrons. The summed E-state index contributed by atoms with van der Waals surface area (Å²) in [6.45, 7) is 5.54. The molecule has 0 bridgehead atoms. The first kappa shape index (κ1) is 19.0. The number of aromatic nitrogens is 3. The lowest BCUT2D eigenvalue weighted by Crippen LogP contribution is -2.39. The number of aromatic amines is 1. The third kappa shape index (κ3) is 4.68. The molecule has 2 heterocycles. The highest BCUT2D eigenvalue weighted by molar-refractivity contribution is 5.83. The standard InChI is InChI=1S/C20H28N6O/c1-4-21-19(24-14-20(2,27)16-12-25-26(3)13-16)22-10-9-15-11-23-18-8-6-5-7-17(15)18/h5-8,11-13,23,27H,4,9-10,14H2,1-3H3,(H2,21,22,24). The van der Waals surface area contributed by atoms with Crippen molar-refractivity contribution < 1.29 is 5.11 Å². The highest BCUT2D eigenvalue weighted by Gasteiger charge is 2.24. The van der Waals surface area contributed by atoms with Gasteiger partial charge in [0.25, 0.3) is 0 Å². The number of H-pyrrole nitrogens is 1. The maximum atomic E-state index is 10.7. The number of aryl methyl sites for hydroxylation is 1. The molecule has 0 saturated heterocycles. The number of aliphatic imine (C=N–C) groups is 1. The van der Waals surface area contributed by atoms with Crippen LogP contribution in [0.3, 0.4) is 0 Å².